The molecule has 1 aliphatic rings. The van der Waals surface area contributed by atoms with Crippen LogP contribution in [0.2, 0.25) is 0 Å². The van der Waals surface area contributed by atoms with E-state index in [9.17, 15) is 25.3 Å². The van der Waals surface area contributed by atoms with Gasteiger partial charge in [0.2, 0.25) is 0 Å². The molecule has 0 atom stereocenters. The van der Waals surface area contributed by atoms with Crippen LogP contribution in [0.3, 0.4) is 0 Å². The summed E-state index contributed by atoms with van der Waals surface area (Å²) in [7, 11) is -12.1. The summed E-state index contributed by atoms with van der Waals surface area (Å²) in [4.78, 5) is 0. The number of hydrogen-bond donors (Lipinski definition) is 0. The highest BCUT2D eigenvalue weighted by Gasteiger charge is 2.26. The Morgan fingerprint density at radius 3 is 1.20 bits per heavy atom. The first-order valence-corrected chi connectivity index (χ1v) is 15.7. The topological polar surface area (TPSA) is 187 Å². The van der Waals surface area contributed by atoms with Crippen molar-refractivity contribution in [2.45, 2.75) is 12.8 Å². The Kier molecular flexibility index (Phi) is 14.0. The molecule has 0 aromatic carbocycles. The van der Waals surface area contributed by atoms with E-state index in [2.05, 4.69) is 15.4 Å². The molecular formula is C13H31NO12S4. The highest BCUT2D eigenvalue weighted by atomic mass is 32.2. The second kappa shape index (κ2) is 13.2. The summed E-state index contributed by atoms with van der Waals surface area (Å²) in [5.74, 6) is 0. The van der Waals surface area contributed by atoms with Crippen molar-refractivity contribution in [2.75, 3.05) is 71.5 Å². The van der Waals surface area contributed by atoms with E-state index in [1.807, 2.05) is 0 Å². The van der Waals surface area contributed by atoms with Crippen molar-refractivity contribution in [1.29, 1.82) is 0 Å². The third-order valence-corrected chi connectivity index (χ3v) is 5.04. The Balaban J connectivity index is 0. The normalized spacial score (nSPS) is 16.7. The van der Waals surface area contributed by atoms with E-state index in [-0.39, 0.29) is 13.2 Å². The molecule has 0 bridgehead atoms. The van der Waals surface area contributed by atoms with Crippen molar-refractivity contribution < 1.29 is 55.3 Å². The lowest BCUT2D eigenvalue weighted by molar-refractivity contribution is -0.897. The fourth-order valence-electron chi connectivity index (χ4n) is 2.10. The van der Waals surface area contributed by atoms with E-state index in [0.29, 0.717) is 12.9 Å². The van der Waals surface area contributed by atoms with E-state index < -0.39 is 40.5 Å². The molecule has 0 N–H and O–H groups in total. The number of quaternary nitrogens is 1. The summed E-state index contributed by atoms with van der Waals surface area (Å²) in [6.07, 6.45) is 5.93. The van der Waals surface area contributed by atoms with Crippen LogP contribution >= 0.6 is 0 Å². The van der Waals surface area contributed by atoms with Gasteiger partial charge in [-0.15, -0.1) is 0 Å². The Morgan fingerprint density at radius 1 is 0.667 bits per heavy atom. The first-order valence-electron chi connectivity index (χ1n) is 8.39. The van der Waals surface area contributed by atoms with Gasteiger partial charge in [-0.25, -0.2) is 8.42 Å². The van der Waals surface area contributed by atoms with Crippen LogP contribution in [0, 0.1) is 0 Å². The van der Waals surface area contributed by atoms with Gasteiger partial charge in [0.15, 0.2) is 0 Å². The van der Waals surface area contributed by atoms with Crippen molar-refractivity contribution >= 4 is 40.5 Å². The minimum absolute atomic E-state index is 0.300. The quantitative estimate of drug-likeness (QED) is 0.145. The van der Waals surface area contributed by atoms with Gasteiger partial charge >= 0.3 is 0 Å². The molecule has 13 nitrogen and oxygen atoms in total. The zero-order valence-electron chi connectivity index (χ0n) is 17.6. The Hall–Kier alpha value is -0.400. The van der Waals surface area contributed by atoms with E-state index in [1.54, 1.807) is 0 Å². The van der Waals surface area contributed by atoms with Crippen LogP contribution in [0.1, 0.15) is 12.8 Å². The lowest BCUT2D eigenvalue weighted by atomic mass is 10.4. The van der Waals surface area contributed by atoms with Crippen LogP contribution in [-0.4, -0.2) is 114 Å². The van der Waals surface area contributed by atoms with Crippen LogP contribution in [-0.2, 0) is 53.0 Å². The maximum atomic E-state index is 10.7. The molecule has 0 aromatic rings. The maximum absolute atomic E-state index is 10.7. The van der Waals surface area contributed by atoms with E-state index >= 15 is 0 Å². The molecule has 0 saturated carbocycles. The number of rotatable bonds is 9. The summed E-state index contributed by atoms with van der Waals surface area (Å²) in [6.45, 7) is 2.81. The van der Waals surface area contributed by atoms with E-state index in [4.69, 9.17) is 17.2 Å². The summed E-state index contributed by atoms with van der Waals surface area (Å²) in [5, 5.41) is 0. The number of likely N-dealkylation sites (tertiary alicyclic amines) is 1. The average molecular weight is 522 g/mol. The highest BCUT2D eigenvalue weighted by Crippen LogP contribution is 2.15. The molecule has 0 aromatic heterocycles. The fraction of sp³-hybridized carbons (Fsp3) is 1.00. The number of nitrogens with zero attached hydrogens (tertiary/aromatic N) is 1. The predicted octanol–water partition coefficient (Wildman–Crippen LogP) is -1.70. The molecule has 0 amide bonds. The smallest absolute Gasteiger partial charge is 0.264 e. The van der Waals surface area contributed by atoms with Crippen LogP contribution in [0.5, 0.6) is 0 Å². The Morgan fingerprint density at radius 2 is 0.933 bits per heavy atom. The molecule has 184 valence electrons. The largest absolute Gasteiger partial charge is 0.748 e. The van der Waals surface area contributed by atoms with Gasteiger partial charge in [-0.1, -0.05) is 0 Å². The van der Waals surface area contributed by atoms with Gasteiger partial charge in [0.1, 0.15) is 13.2 Å². The summed E-state index contributed by atoms with van der Waals surface area (Å²) >= 11 is 0. The summed E-state index contributed by atoms with van der Waals surface area (Å²) in [5.41, 5.74) is 0. The van der Waals surface area contributed by atoms with Gasteiger partial charge in [-0.3, -0.25) is 12.5 Å². The Labute approximate surface area is 180 Å². The van der Waals surface area contributed by atoms with Crippen molar-refractivity contribution in [3.05, 3.63) is 0 Å². The zero-order valence-corrected chi connectivity index (χ0v) is 20.9. The molecule has 30 heavy (non-hydrogen) atoms. The third kappa shape index (κ3) is 29.8. The van der Waals surface area contributed by atoms with Crippen molar-refractivity contribution in [3.8, 4) is 0 Å². The summed E-state index contributed by atoms with van der Waals surface area (Å²) < 4.78 is 104. The number of likely N-dealkylation sites (N-methyl/N-ethyl adjacent to an activating group) is 1. The minimum Gasteiger partial charge on any atom is -0.748 e. The SMILES string of the molecule is CS(=O)(=O)OCCOS(C)(=O)=O.CS(=O)(=O)[O-].C[N+]1(CCOS(C)(=O)=O)CCCC1. The molecule has 0 aliphatic carbocycles. The molecule has 1 aliphatic heterocycles. The molecule has 0 spiro atoms. The van der Waals surface area contributed by atoms with Gasteiger partial charge in [0.05, 0.1) is 62.2 Å². The third-order valence-electron chi connectivity index (χ3n) is 3.25. The molecule has 0 radical (unpaired) electrons. The van der Waals surface area contributed by atoms with Crippen LogP contribution in [0.15, 0.2) is 0 Å². The molecular weight excluding hydrogens is 490 g/mol. The van der Waals surface area contributed by atoms with Crippen molar-refractivity contribution in [3.63, 3.8) is 0 Å². The fourth-order valence-corrected chi connectivity index (χ4v) is 3.22. The van der Waals surface area contributed by atoms with Crippen molar-refractivity contribution in [1.82, 2.24) is 0 Å². The first-order chi connectivity index (χ1) is 13.1. The van der Waals surface area contributed by atoms with Crippen molar-refractivity contribution in [2.24, 2.45) is 0 Å². The molecule has 17 heteroatoms. The molecule has 1 fully saturated rings. The molecule has 1 rings (SSSR count). The van der Waals surface area contributed by atoms with Gasteiger partial charge in [-0.2, -0.15) is 25.3 Å². The van der Waals surface area contributed by atoms with E-state index in [1.165, 1.54) is 12.8 Å². The van der Waals surface area contributed by atoms with Crippen LogP contribution in [0.25, 0.3) is 0 Å². The number of hydrogen-bond acceptors (Lipinski definition) is 12. The van der Waals surface area contributed by atoms with Gasteiger partial charge < -0.3 is 9.04 Å². The lowest BCUT2D eigenvalue weighted by Crippen LogP contribution is -2.43. The van der Waals surface area contributed by atoms with E-state index in [0.717, 1.165) is 42.9 Å². The predicted molar refractivity (Wildman–Crippen MR) is 108 cm³/mol. The summed E-state index contributed by atoms with van der Waals surface area (Å²) in [6, 6.07) is 0. The first kappa shape index (κ1) is 31.8. The molecule has 0 unspecified atom stereocenters. The van der Waals surface area contributed by atoms with Gasteiger partial charge in [-0.05, 0) is 0 Å². The minimum atomic E-state index is -3.92. The highest BCUT2D eigenvalue weighted by molar-refractivity contribution is 7.86. The maximum Gasteiger partial charge on any atom is 0.264 e. The zero-order chi connectivity index (χ0) is 24.3. The van der Waals surface area contributed by atoms with Gasteiger partial charge in [0.25, 0.3) is 30.4 Å². The molecule has 1 saturated heterocycles. The second-order valence-electron chi connectivity index (χ2n) is 6.78. The van der Waals surface area contributed by atoms with Gasteiger partial charge in [0, 0.05) is 19.1 Å². The lowest BCUT2D eigenvalue weighted by Gasteiger charge is -2.28. The average Bonchev–Trinajstić information content (AvgIpc) is 2.86. The van der Waals surface area contributed by atoms with Crippen LogP contribution in [0.4, 0.5) is 0 Å². The van der Waals surface area contributed by atoms with Crippen LogP contribution < -0.4 is 0 Å². The Bertz CT molecular complexity index is 859. The molecule has 1 heterocycles. The second-order valence-corrected chi connectivity index (χ2v) is 13.1. The standard InChI is InChI=1S/C8H18NO3S.C4H10O6S2.CH4O3S/c1-9(5-3-4-6-9)7-8-12-13(2,10)11;1-11(5,6)9-3-4-10-12(2,7)8;1-5(2,3)4/h3-8H2,1-2H3;3-4H2,1-2H3;1H3,(H,2,3,4)/q+1;;/p-1. The monoisotopic (exact) mass is 521 g/mol.